The fraction of sp³-hybridized carbons (Fsp3) is 0.350. The number of aliphatic hydroxyl groups excluding tert-OH is 1. The van der Waals surface area contributed by atoms with Gasteiger partial charge in [-0.05, 0) is 49.2 Å². The van der Waals surface area contributed by atoms with Gasteiger partial charge in [-0.1, -0.05) is 12.1 Å². The normalized spacial score (nSPS) is 16.4. The summed E-state index contributed by atoms with van der Waals surface area (Å²) in [7, 11) is 1.68. The van der Waals surface area contributed by atoms with E-state index in [0.29, 0.717) is 0 Å². The van der Waals surface area contributed by atoms with Crippen LogP contribution in [-0.2, 0) is 6.54 Å². The molecule has 2 aromatic carbocycles. The lowest BCUT2D eigenvalue weighted by atomic mass is 10.1. The van der Waals surface area contributed by atoms with Crippen molar-refractivity contribution >= 4 is 11.0 Å². The van der Waals surface area contributed by atoms with E-state index in [4.69, 9.17) is 9.72 Å². The summed E-state index contributed by atoms with van der Waals surface area (Å²) in [5.41, 5.74) is 3.20. The Bertz CT molecular complexity index is 849. The Morgan fingerprint density at radius 2 is 1.80 bits per heavy atom. The van der Waals surface area contributed by atoms with Crippen LogP contribution in [0.5, 0.6) is 5.75 Å². The van der Waals surface area contributed by atoms with E-state index < -0.39 is 0 Å². The Morgan fingerprint density at radius 1 is 1.08 bits per heavy atom. The van der Waals surface area contributed by atoms with E-state index >= 15 is 0 Å². The molecule has 1 aliphatic heterocycles. The number of imidazole rings is 1. The molecular formula is C20H23N3O2. The average molecular weight is 337 g/mol. The maximum atomic E-state index is 9.73. The molecule has 1 aliphatic rings. The quantitative estimate of drug-likeness (QED) is 0.795. The van der Waals surface area contributed by atoms with Crippen LogP contribution in [0.4, 0.5) is 0 Å². The lowest BCUT2D eigenvalue weighted by Crippen LogP contribution is -2.36. The van der Waals surface area contributed by atoms with E-state index in [2.05, 4.69) is 33.7 Å². The highest BCUT2D eigenvalue weighted by molar-refractivity contribution is 5.78. The highest BCUT2D eigenvalue weighted by Gasteiger charge is 2.20. The molecule has 0 atom stereocenters. The van der Waals surface area contributed by atoms with Crippen molar-refractivity contribution in [2.45, 2.75) is 25.5 Å². The maximum Gasteiger partial charge on any atom is 0.128 e. The summed E-state index contributed by atoms with van der Waals surface area (Å²) in [6.45, 7) is 2.60. The number of rotatable bonds is 4. The summed E-state index contributed by atoms with van der Waals surface area (Å²) in [5.74, 6) is 1.88. The molecule has 5 nitrogen and oxygen atoms in total. The Balaban J connectivity index is 1.72. The largest absolute Gasteiger partial charge is 0.497 e. The Labute approximate surface area is 147 Å². The Morgan fingerprint density at radius 3 is 2.52 bits per heavy atom. The third-order valence-corrected chi connectivity index (χ3v) is 4.88. The lowest BCUT2D eigenvalue weighted by Gasteiger charge is -2.29. The van der Waals surface area contributed by atoms with Crippen molar-refractivity contribution < 1.29 is 9.84 Å². The van der Waals surface area contributed by atoms with E-state index in [1.807, 2.05) is 24.3 Å². The van der Waals surface area contributed by atoms with Gasteiger partial charge in [0.2, 0.25) is 0 Å². The molecule has 0 radical (unpaired) electrons. The van der Waals surface area contributed by atoms with Gasteiger partial charge in [0.15, 0.2) is 0 Å². The summed E-state index contributed by atoms with van der Waals surface area (Å²) in [6.07, 6.45) is 1.52. The van der Waals surface area contributed by atoms with Crippen LogP contribution in [0.2, 0.25) is 0 Å². The van der Waals surface area contributed by atoms with Crippen molar-refractivity contribution in [2.75, 3.05) is 20.2 Å². The second-order valence-corrected chi connectivity index (χ2v) is 6.56. The molecule has 25 heavy (non-hydrogen) atoms. The zero-order chi connectivity index (χ0) is 17.2. The number of para-hydroxylation sites is 2. The van der Waals surface area contributed by atoms with E-state index in [0.717, 1.165) is 60.8 Å². The average Bonchev–Trinajstić information content (AvgIpc) is 3.01. The number of aliphatic hydroxyl groups is 1. The van der Waals surface area contributed by atoms with E-state index in [1.54, 1.807) is 7.11 Å². The molecule has 2 heterocycles. The zero-order valence-corrected chi connectivity index (χ0v) is 14.4. The van der Waals surface area contributed by atoms with Crippen LogP contribution >= 0.6 is 0 Å². The molecule has 3 aromatic rings. The number of aromatic nitrogens is 2. The highest BCUT2D eigenvalue weighted by Crippen LogP contribution is 2.25. The molecule has 1 aromatic heterocycles. The van der Waals surface area contributed by atoms with Crippen molar-refractivity contribution in [2.24, 2.45) is 0 Å². The van der Waals surface area contributed by atoms with E-state index in [9.17, 15) is 5.11 Å². The minimum absolute atomic E-state index is 0.156. The van der Waals surface area contributed by atoms with Crippen molar-refractivity contribution in [1.82, 2.24) is 14.5 Å². The van der Waals surface area contributed by atoms with Crippen LogP contribution in [-0.4, -0.2) is 45.9 Å². The number of piperidine rings is 1. The molecule has 0 bridgehead atoms. The zero-order valence-electron chi connectivity index (χ0n) is 14.4. The number of hydrogen-bond donors (Lipinski definition) is 1. The third-order valence-electron chi connectivity index (χ3n) is 4.88. The monoisotopic (exact) mass is 337 g/mol. The fourth-order valence-electron chi connectivity index (χ4n) is 3.48. The second-order valence-electron chi connectivity index (χ2n) is 6.56. The first-order chi connectivity index (χ1) is 12.2. The summed E-state index contributed by atoms with van der Waals surface area (Å²) in [5, 5.41) is 9.73. The summed E-state index contributed by atoms with van der Waals surface area (Å²) in [6, 6.07) is 16.3. The molecular weight excluding hydrogens is 314 g/mol. The Kier molecular flexibility index (Phi) is 4.42. The predicted molar refractivity (Wildman–Crippen MR) is 98.1 cm³/mol. The Hall–Kier alpha value is -2.37. The fourth-order valence-corrected chi connectivity index (χ4v) is 3.48. The highest BCUT2D eigenvalue weighted by atomic mass is 16.5. The first kappa shape index (κ1) is 16.1. The number of fused-ring (bicyclic) bond motifs is 1. The van der Waals surface area contributed by atoms with Crippen molar-refractivity contribution in [3.05, 3.63) is 54.4 Å². The molecule has 1 saturated heterocycles. The van der Waals surface area contributed by atoms with Crippen LogP contribution in [0.15, 0.2) is 48.5 Å². The summed E-state index contributed by atoms with van der Waals surface area (Å²) < 4.78 is 7.50. The molecule has 5 heteroatoms. The van der Waals surface area contributed by atoms with Gasteiger partial charge < -0.3 is 9.84 Å². The summed E-state index contributed by atoms with van der Waals surface area (Å²) in [4.78, 5) is 7.24. The lowest BCUT2D eigenvalue weighted by molar-refractivity contribution is 0.0779. The molecule has 0 spiro atoms. The van der Waals surface area contributed by atoms with E-state index in [1.165, 1.54) is 0 Å². The van der Waals surface area contributed by atoms with Gasteiger partial charge in [0.25, 0.3) is 0 Å². The van der Waals surface area contributed by atoms with Crippen molar-refractivity contribution in [1.29, 1.82) is 0 Å². The number of hydrogen-bond acceptors (Lipinski definition) is 4. The van der Waals surface area contributed by atoms with Crippen LogP contribution in [0.25, 0.3) is 16.7 Å². The standard InChI is InChI=1S/C20H23N3O2/c1-25-17-8-6-15(7-9-17)23-19-5-3-2-4-18(19)21-20(23)14-22-12-10-16(24)11-13-22/h2-9,16,24H,10-14H2,1H3. The molecule has 1 N–H and O–H groups in total. The van der Waals surface area contributed by atoms with E-state index in [-0.39, 0.29) is 6.10 Å². The van der Waals surface area contributed by atoms with Crippen LogP contribution < -0.4 is 4.74 Å². The smallest absolute Gasteiger partial charge is 0.128 e. The van der Waals surface area contributed by atoms with Gasteiger partial charge in [0.05, 0.1) is 30.8 Å². The van der Waals surface area contributed by atoms with Crippen molar-refractivity contribution in [3.63, 3.8) is 0 Å². The topological polar surface area (TPSA) is 50.5 Å². The maximum absolute atomic E-state index is 9.73. The second kappa shape index (κ2) is 6.86. The number of nitrogens with zero attached hydrogens (tertiary/aromatic N) is 3. The first-order valence-corrected chi connectivity index (χ1v) is 8.76. The van der Waals surface area contributed by atoms with Gasteiger partial charge in [0.1, 0.15) is 11.6 Å². The van der Waals surface area contributed by atoms with Gasteiger partial charge in [-0.3, -0.25) is 9.47 Å². The number of methoxy groups -OCH3 is 1. The van der Waals surface area contributed by atoms with Crippen LogP contribution in [0.3, 0.4) is 0 Å². The molecule has 130 valence electrons. The summed E-state index contributed by atoms with van der Waals surface area (Å²) >= 11 is 0. The van der Waals surface area contributed by atoms with Gasteiger partial charge in [-0.15, -0.1) is 0 Å². The molecule has 0 saturated carbocycles. The molecule has 4 rings (SSSR count). The minimum Gasteiger partial charge on any atom is -0.497 e. The molecule has 1 fully saturated rings. The number of ether oxygens (including phenoxy) is 1. The molecule has 0 aliphatic carbocycles. The van der Waals surface area contributed by atoms with Gasteiger partial charge in [-0.25, -0.2) is 4.98 Å². The molecule has 0 unspecified atom stereocenters. The van der Waals surface area contributed by atoms with Crippen molar-refractivity contribution in [3.8, 4) is 11.4 Å². The van der Waals surface area contributed by atoms with Gasteiger partial charge >= 0.3 is 0 Å². The third kappa shape index (κ3) is 3.25. The predicted octanol–water partition coefficient (Wildman–Crippen LogP) is 2.99. The first-order valence-electron chi connectivity index (χ1n) is 8.76. The number of benzene rings is 2. The minimum atomic E-state index is -0.156. The van der Waals surface area contributed by atoms with Crippen LogP contribution in [0.1, 0.15) is 18.7 Å². The van der Waals surface area contributed by atoms with Gasteiger partial charge in [0, 0.05) is 18.8 Å². The van der Waals surface area contributed by atoms with Crippen LogP contribution in [0, 0.1) is 0 Å². The SMILES string of the molecule is COc1ccc(-n2c(CN3CCC(O)CC3)nc3ccccc32)cc1. The van der Waals surface area contributed by atoms with Gasteiger partial charge in [-0.2, -0.15) is 0 Å². The molecule has 0 amide bonds. The number of likely N-dealkylation sites (tertiary alicyclic amines) is 1.